The summed E-state index contributed by atoms with van der Waals surface area (Å²) in [6.07, 6.45) is 14.5. The van der Waals surface area contributed by atoms with Crippen LogP contribution in [0.15, 0.2) is 119 Å². The van der Waals surface area contributed by atoms with Gasteiger partial charge in [-0.15, -0.1) is 0 Å². The zero-order valence-electron chi connectivity index (χ0n) is 34.1. The highest BCUT2D eigenvalue weighted by molar-refractivity contribution is 7.86. The molecule has 61 heavy (non-hydrogen) atoms. The van der Waals surface area contributed by atoms with Crippen molar-refractivity contribution < 1.29 is 51.9 Å². The molecule has 0 fully saturated rings. The highest BCUT2D eigenvalue weighted by Gasteiger charge is 2.45. The quantitative estimate of drug-likeness (QED) is 0.0482. The normalized spacial score (nSPS) is 18.8. The molecule has 2 aliphatic rings. The van der Waals surface area contributed by atoms with Crippen LogP contribution < -0.4 is 9.80 Å². The molecule has 18 heteroatoms. The van der Waals surface area contributed by atoms with Crippen molar-refractivity contribution in [1.82, 2.24) is 0 Å². The molecule has 0 aliphatic carbocycles. The Morgan fingerprint density at radius 1 is 0.623 bits per heavy atom. The van der Waals surface area contributed by atoms with E-state index >= 15 is 0 Å². The highest BCUT2D eigenvalue weighted by atomic mass is 32.2. The molecule has 4 N–H and O–H groups in total. The van der Waals surface area contributed by atoms with Gasteiger partial charge in [0.05, 0.1) is 22.4 Å². The van der Waals surface area contributed by atoms with Gasteiger partial charge in [0.15, 0.2) is 0 Å². The number of hydrogen-bond acceptors (Lipinski definition) is 10. The van der Waals surface area contributed by atoms with Crippen molar-refractivity contribution in [2.75, 3.05) is 34.4 Å². The Labute approximate surface area is 358 Å². The summed E-state index contributed by atoms with van der Waals surface area (Å²) in [6.45, 7) is 8.89. The second-order valence-electron chi connectivity index (χ2n) is 16.4. The van der Waals surface area contributed by atoms with Crippen LogP contribution in [0.25, 0.3) is 21.5 Å². The largest absolute Gasteiger partial charge is 0.364 e. The second kappa shape index (κ2) is 17.0. The summed E-state index contributed by atoms with van der Waals surface area (Å²) in [5.41, 5.74) is 2.88. The summed E-state index contributed by atoms with van der Waals surface area (Å²) < 4.78 is 133. The molecule has 6 rings (SSSR count). The van der Waals surface area contributed by atoms with Gasteiger partial charge in [0.25, 0.3) is 40.5 Å². The fourth-order valence-electron chi connectivity index (χ4n) is 8.84. The van der Waals surface area contributed by atoms with Crippen LogP contribution in [0.5, 0.6) is 0 Å². The molecule has 0 saturated heterocycles. The molecule has 0 bridgehead atoms. The SMILES string of the molecule is CC1(C)\C(=C/C=C/C=C/C=C/C2N(CCCCS(=O)(=O)O)c3ccc4cccc(S(=O)(=O)O)c4c3C2(C)C)N(CCCCS(=O)(=O)O)c2ccc3cc(S(=O)(=O)O)ccc3c21. The summed E-state index contributed by atoms with van der Waals surface area (Å²) in [6, 6.07) is 16.2. The first-order chi connectivity index (χ1) is 28.3. The summed E-state index contributed by atoms with van der Waals surface area (Å²) >= 11 is 0. The van der Waals surface area contributed by atoms with E-state index in [1.54, 1.807) is 30.3 Å². The lowest BCUT2D eigenvalue weighted by Gasteiger charge is -2.32. The fourth-order valence-corrected chi connectivity index (χ4v) is 11.2. The van der Waals surface area contributed by atoms with Crippen molar-refractivity contribution in [3.8, 4) is 0 Å². The molecule has 0 amide bonds. The number of nitrogens with zero attached hydrogens (tertiary/aromatic N) is 2. The average molecular weight is 915 g/mol. The van der Waals surface area contributed by atoms with Gasteiger partial charge in [-0.05, 0) is 89.4 Å². The molecule has 328 valence electrons. The first-order valence-corrected chi connectivity index (χ1v) is 25.7. The molecule has 2 heterocycles. The van der Waals surface area contributed by atoms with E-state index in [4.69, 9.17) is 0 Å². The zero-order chi connectivity index (χ0) is 44.8. The second-order valence-corrected chi connectivity index (χ2v) is 22.4. The van der Waals surface area contributed by atoms with Gasteiger partial charge in [-0.3, -0.25) is 18.2 Å². The lowest BCUT2D eigenvalue weighted by molar-refractivity contribution is 0.467. The van der Waals surface area contributed by atoms with Crippen molar-refractivity contribution in [3.63, 3.8) is 0 Å². The molecular formula is C43H50N2O12S4. The van der Waals surface area contributed by atoms with Crippen LogP contribution in [0.4, 0.5) is 11.4 Å². The predicted molar refractivity (Wildman–Crippen MR) is 239 cm³/mol. The van der Waals surface area contributed by atoms with Gasteiger partial charge in [0.2, 0.25) is 0 Å². The fraction of sp³-hybridized carbons (Fsp3) is 0.349. The van der Waals surface area contributed by atoms with Crippen molar-refractivity contribution >= 4 is 73.4 Å². The number of hydrogen-bond donors (Lipinski definition) is 4. The molecule has 2 aliphatic heterocycles. The van der Waals surface area contributed by atoms with E-state index in [9.17, 15) is 51.9 Å². The molecule has 4 aromatic rings. The minimum Gasteiger partial charge on any atom is -0.364 e. The Hall–Kier alpha value is -4.40. The third-order valence-corrected chi connectivity index (χ3v) is 14.8. The maximum absolute atomic E-state index is 12.6. The van der Waals surface area contributed by atoms with Gasteiger partial charge < -0.3 is 9.80 Å². The summed E-state index contributed by atoms with van der Waals surface area (Å²) in [5, 5.41) is 2.47. The molecule has 0 spiro atoms. The van der Waals surface area contributed by atoms with E-state index in [1.165, 1.54) is 18.2 Å². The monoisotopic (exact) mass is 914 g/mol. The number of anilines is 2. The first-order valence-electron chi connectivity index (χ1n) is 19.6. The Kier molecular flexibility index (Phi) is 12.9. The minimum atomic E-state index is -4.58. The standard InChI is InChI=1S/C43H50N2O12S4/c1-42(2)37(44(25-10-12-27-58(46,47)48)34-24-20-31-29-32(60(52,53)54)21-22-33(31)40(34)42)17-8-6-5-7-9-18-38-43(3,4)41-35(45(38)26-11-13-28-59(49,50)51)23-19-30-15-14-16-36(39(30)41)61(55,56)57/h5-9,14-24,29,38H,10-13,25-28H2,1-4H3,(H,46,47,48)(H,49,50,51)(H,52,53,54)(H,55,56,57)/b7-5+,8-6+,18-9+,37-17+. The maximum Gasteiger partial charge on any atom is 0.295 e. The van der Waals surface area contributed by atoms with E-state index in [2.05, 4.69) is 9.80 Å². The molecule has 0 radical (unpaired) electrons. The molecule has 1 atom stereocenters. The summed E-state index contributed by atoms with van der Waals surface area (Å²) in [5.74, 6) is -0.764. The van der Waals surface area contributed by atoms with Gasteiger partial charge in [-0.25, -0.2) is 0 Å². The van der Waals surface area contributed by atoms with E-state index in [0.29, 0.717) is 42.1 Å². The van der Waals surface area contributed by atoms with Crippen molar-refractivity contribution in [2.24, 2.45) is 0 Å². The molecule has 0 aromatic heterocycles. The molecule has 4 aromatic carbocycles. The smallest absolute Gasteiger partial charge is 0.295 e. The Bertz CT molecular complexity index is 2950. The number of fused-ring (bicyclic) bond motifs is 6. The minimum absolute atomic E-state index is 0.199. The number of benzene rings is 4. The van der Waals surface area contributed by atoms with Crippen LogP contribution >= 0.6 is 0 Å². The van der Waals surface area contributed by atoms with E-state index in [0.717, 1.165) is 33.6 Å². The third-order valence-electron chi connectivity index (χ3n) is 11.5. The zero-order valence-corrected chi connectivity index (χ0v) is 37.4. The van der Waals surface area contributed by atoms with Gasteiger partial charge in [0, 0.05) is 46.4 Å². The van der Waals surface area contributed by atoms with Gasteiger partial charge in [-0.1, -0.05) is 94.5 Å². The Balaban J connectivity index is 1.30. The summed E-state index contributed by atoms with van der Waals surface area (Å²) in [7, 11) is -17.3. The van der Waals surface area contributed by atoms with Crippen LogP contribution in [0.3, 0.4) is 0 Å². The van der Waals surface area contributed by atoms with Crippen molar-refractivity contribution in [2.45, 2.75) is 80.0 Å². The number of unbranched alkanes of at least 4 members (excludes halogenated alkanes) is 2. The average Bonchev–Trinajstić information content (AvgIpc) is 3.50. The molecule has 1 unspecified atom stereocenters. The topological polar surface area (TPSA) is 224 Å². The van der Waals surface area contributed by atoms with E-state index < -0.39 is 57.1 Å². The molecule has 14 nitrogen and oxygen atoms in total. The van der Waals surface area contributed by atoms with E-state index in [1.807, 2.05) is 82.4 Å². The Morgan fingerprint density at radius 3 is 1.87 bits per heavy atom. The van der Waals surface area contributed by atoms with Gasteiger partial charge in [0.1, 0.15) is 4.90 Å². The van der Waals surface area contributed by atoms with Crippen LogP contribution in [0, 0.1) is 0 Å². The van der Waals surface area contributed by atoms with Crippen LogP contribution in [0.1, 0.15) is 64.5 Å². The van der Waals surface area contributed by atoms with Crippen LogP contribution in [0.2, 0.25) is 0 Å². The van der Waals surface area contributed by atoms with E-state index in [-0.39, 0.29) is 34.4 Å². The maximum atomic E-state index is 12.6. The first kappa shape index (κ1) is 46.1. The van der Waals surface area contributed by atoms with Crippen molar-refractivity contribution in [3.05, 3.63) is 120 Å². The Morgan fingerprint density at radius 2 is 1.23 bits per heavy atom. The van der Waals surface area contributed by atoms with Gasteiger partial charge >= 0.3 is 0 Å². The van der Waals surface area contributed by atoms with Crippen LogP contribution in [-0.4, -0.2) is 82.5 Å². The lowest BCUT2D eigenvalue weighted by atomic mass is 9.78. The highest BCUT2D eigenvalue weighted by Crippen LogP contribution is 2.52. The van der Waals surface area contributed by atoms with Crippen LogP contribution in [-0.2, 0) is 51.3 Å². The molecular weight excluding hydrogens is 865 g/mol. The summed E-state index contributed by atoms with van der Waals surface area (Å²) in [4.78, 5) is 3.75. The number of allylic oxidation sites excluding steroid dienone is 7. The molecule has 0 saturated carbocycles. The number of rotatable bonds is 16. The lowest BCUT2D eigenvalue weighted by Crippen LogP contribution is -2.40. The third kappa shape index (κ3) is 9.97. The van der Waals surface area contributed by atoms with Gasteiger partial charge in [-0.2, -0.15) is 33.7 Å². The van der Waals surface area contributed by atoms with Crippen molar-refractivity contribution in [1.29, 1.82) is 0 Å². The predicted octanol–water partition coefficient (Wildman–Crippen LogP) is 7.64.